The van der Waals surface area contributed by atoms with Gasteiger partial charge in [0, 0.05) is 23.5 Å². The molecule has 0 N–H and O–H groups in total. The quantitative estimate of drug-likeness (QED) is 0.423. The Bertz CT molecular complexity index is 330. The van der Waals surface area contributed by atoms with Gasteiger partial charge in [-0.1, -0.05) is 28.6 Å². The van der Waals surface area contributed by atoms with E-state index in [9.17, 15) is 0 Å². The number of benzene rings is 1. The molecule has 4 heteroatoms. The van der Waals surface area contributed by atoms with Gasteiger partial charge in [0.15, 0.2) is 0 Å². The Morgan fingerprint density at radius 1 is 1.00 bits per heavy atom. The molecule has 0 saturated heterocycles. The topological polar surface area (TPSA) is 0 Å². The van der Waals surface area contributed by atoms with Gasteiger partial charge < -0.3 is 0 Å². The lowest BCUT2D eigenvalue weighted by atomic mass is 10.2. The highest BCUT2D eigenvalue weighted by molar-refractivity contribution is 9.14. The predicted octanol–water partition coefficient (Wildman–Crippen LogP) is 5.38. The minimum Gasteiger partial charge on any atom is -0.0984 e. The molecule has 0 radical (unpaired) electrons. The molecule has 64 valence electrons. The average Bonchev–Trinajstić information content (AvgIpc) is 2.01. The molecular formula is C8H4Br4. The van der Waals surface area contributed by atoms with Gasteiger partial charge in [0.05, 0.1) is 0 Å². The van der Waals surface area contributed by atoms with E-state index in [1.165, 1.54) is 0 Å². The van der Waals surface area contributed by atoms with Crippen LogP contribution in [-0.2, 0) is 0 Å². The second-order valence-corrected chi connectivity index (χ2v) is 5.38. The van der Waals surface area contributed by atoms with E-state index in [1.807, 2.05) is 6.07 Å². The van der Waals surface area contributed by atoms with Gasteiger partial charge >= 0.3 is 0 Å². The molecule has 0 aliphatic rings. The normalized spacial score (nSPS) is 10.0. The van der Waals surface area contributed by atoms with E-state index >= 15 is 0 Å². The molecule has 0 fully saturated rings. The summed E-state index contributed by atoms with van der Waals surface area (Å²) in [4.78, 5) is 0. The molecule has 0 aliphatic carbocycles. The monoisotopic (exact) mass is 416 g/mol. The van der Waals surface area contributed by atoms with E-state index in [2.05, 4.69) is 70.3 Å². The van der Waals surface area contributed by atoms with Crippen molar-refractivity contribution in [2.75, 3.05) is 0 Å². The molecule has 0 bridgehead atoms. The van der Waals surface area contributed by atoms with Crippen molar-refractivity contribution < 1.29 is 0 Å². The van der Waals surface area contributed by atoms with Gasteiger partial charge in [-0.15, -0.1) is 0 Å². The summed E-state index contributed by atoms with van der Waals surface area (Å²) in [5, 5.41) is 0. The van der Waals surface area contributed by atoms with Crippen LogP contribution in [0, 0.1) is 0 Å². The maximum atomic E-state index is 3.73. The van der Waals surface area contributed by atoms with Gasteiger partial charge in [0.25, 0.3) is 0 Å². The van der Waals surface area contributed by atoms with E-state index in [0.717, 1.165) is 23.5 Å². The molecule has 1 aromatic carbocycles. The third-order valence-corrected chi connectivity index (χ3v) is 5.35. The van der Waals surface area contributed by atoms with Gasteiger partial charge in [-0.3, -0.25) is 0 Å². The molecule has 0 aromatic heterocycles. The third kappa shape index (κ3) is 2.03. The van der Waals surface area contributed by atoms with Crippen molar-refractivity contribution in [1.29, 1.82) is 0 Å². The lowest BCUT2D eigenvalue weighted by Crippen LogP contribution is -1.81. The van der Waals surface area contributed by atoms with Gasteiger partial charge in [-0.2, -0.15) is 0 Å². The summed E-state index contributed by atoms with van der Waals surface area (Å²) >= 11 is 13.8. The fraction of sp³-hybridized carbons (Fsp3) is 0. The molecule has 0 saturated carbocycles. The van der Waals surface area contributed by atoms with Crippen LogP contribution in [0.25, 0.3) is 6.08 Å². The minimum absolute atomic E-state index is 0.999. The van der Waals surface area contributed by atoms with Crippen molar-refractivity contribution in [3.05, 3.63) is 36.1 Å². The average molecular weight is 420 g/mol. The molecule has 0 heterocycles. The molecule has 0 atom stereocenters. The molecule has 0 nitrogen and oxygen atoms in total. The van der Waals surface area contributed by atoms with Crippen molar-refractivity contribution in [3.8, 4) is 0 Å². The van der Waals surface area contributed by atoms with Gasteiger partial charge in [-0.05, 0) is 53.9 Å². The van der Waals surface area contributed by atoms with Crippen LogP contribution in [0.2, 0.25) is 0 Å². The fourth-order valence-corrected chi connectivity index (χ4v) is 3.54. The summed E-state index contributed by atoms with van der Waals surface area (Å²) in [6.45, 7) is 3.73. The summed E-state index contributed by atoms with van der Waals surface area (Å²) in [7, 11) is 0. The second-order valence-electron chi connectivity index (χ2n) is 2.09. The number of hydrogen-bond donors (Lipinski definition) is 0. The predicted molar refractivity (Wildman–Crippen MR) is 67.3 cm³/mol. The van der Waals surface area contributed by atoms with E-state index in [1.54, 1.807) is 6.08 Å². The van der Waals surface area contributed by atoms with Crippen LogP contribution in [-0.4, -0.2) is 0 Å². The van der Waals surface area contributed by atoms with Gasteiger partial charge in [0.2, 0.25) is 0 Å². The highest BCUT2D eigenvalue weighted by atomic mass is 79.9. The lowest BCUT2D eigenvalue weighted by molar-refractivity contribution is 1.47. The van der Waals surface area contributed by atoms with Crippen LogP contribution in [0.4, 0.5) is 0 Å². The van der Waals surface area contributed by atoms with Crippen LogP contribution in [0.3, 0.4) is 0 Å². The van der Waals surface area contributed by atoms with Crippen LogP contribution in [0.1, 0.15) is 5.56 Å². The van der Waals surface area contributed by atoms with E-state index in [0.29, 0.717) is 0 Å². The van der Waals surface area contributed by atoms with Gasteiger partial charge in [0.1, 0.15) is 0 Å². The zero-order valence-electron chi connectivity index (χ0n) is 5.87. The maximum Gasteiger partial charge on any atom is 0.0466 e. The molecule has 0 unspecified atom stereocenters. The highest BCUT2D eigenvalue weighted by Crippen LogP contribution is 2.38. The SMILES string of the molecule is C=Cc1c(Br)cc(Br)c(Br)c1Br. The maximum absolute atomic E-state index is 3.73. The zero-order valence-corrected chi connectivity index (χ0v) is 12.2. The summed E-state index contributed by atoms with van der Waals surface area (Å²) in [6, 6.07) is 1.98. The largest absolute Gasteiger partial charge is 0.0984 e. The Balaban J connectivity index is 3.51. The van der Waals surface area contributed by atoms with E-state index in [-0.39, 0.29) is 0 Å². The summed E-state index contributed by atoms with van der Waals surface area (Å²) in [5.74, 6) is 0. The first-order chi connectivity index (χ1) is 5.57. The summed E-state index contributed by atoms with van der Waals surface area (Å²) in [5.41, 5.74) is 1.05. The molecule has 12 heavy (non-hydrogen) atoms. The van der Waals surface area contributed by atoms with Gasteiger partial charge in [-0.25, -0.2) is 0 Å². The molecule has 1 rings (SSSR count). The van der Waals surface area contributed by atoms with Crippen LogP contribution >= 0.6 is 63.7 Å². The minimum atomic E-state index is 0.999. The van der Waals surface area contributed by atoms with Crippen molar-refractivity contribution in [2.24, 2.45) is 0 Å². The van der Waals surface area contributed by atoms with Crippen LogP contribution in [0.15, 0.2) is 30.5 Å². The summed E-state index contributed by atoms with van der Waals surface area (Å²) in [6.07, 6.45) is 1.80. The molecule has 0 spiro atoms. The Morgan fingerprint density at radius 3 is 2.08 bits per heavy atom. The Hall–Kier alpha value is 0.880. The van der Waals surface area contributed by atoms with Crippen molar-refractivity contribution in [2.45, 2.75) is 0 Å². The van der Waals surface area contributed by atoms with Crippen molar-refractivity contribution in [3.63, 3.8) is 0 Å². The lowest BCUT2D eigenvalue weighted by Gasteiger charge is -2.06. The van der Waals surface area contributed by atoms with Crippen LogP contribution < -0.4 is 0 Å². The number of rotatable bonds is 1. The van der Waals surface area contributed by atoms with Crippen molar-refractivity contribution in [1.82, 2.24) is 0 Å². The van der Waals surface area contributed by atoms with Crippen molar-refractivity contribution >= 4 is 69.8 Å². The second kappa shape index (κ2) is 4.40. The standard InChI is InChI=1S/C8H4Br4/c1-2-4-5(9)3-6(10)8(12)7(4)11/h2-3H,1H2. The molecule has 0 amide bonds. The Kier molecular flexibility index (Phi) is 4.02. The first kappa shape index (κ1) is 11.0. The summed E-state index contributed by atoms with van der Waals surface area (Å²) < 4.78 is 4.02. The number of halogens is 4. The first-order valence-corrected chi connectivity index (χ1v) is 6.20. The molecular weight excluding hydrogens is 416 g/mol. The van der Waals surface area contributed by atoms with E-state index < -0.39 is 0 Å². The smallest absolute Gasteiger partial charge is 0.0466 e. The third-order valence-electron chi connectivity index (χ3n) is 1.35. The Morgan fingerprint density at radius 2 is 1.58 bits per heavy atom. The highest BCUT2D eigenvalue weighted by Gasteiger charge is 2.08. The zero-order chi connectivity index (χ0) is 9.30. The Labute approximate surface area is 105 Å². The van der Waals surface area contributed by atoms with E-state index in [4.69, 9.17) is 0 Å². The first-order valence-electron chi connectivity index (χ1n) is 3.03. The van der Waals surface area contributed by atoms with Crippen LogP contribution in [0.5, 0.6) is 0 Å². The molecule has 0 aliphatic heterocycles. The molecule has 1 aromatic rings. The number of hydrogen-bond acceptors (Lipinski definition) is 0. The fourth-order valence-electron chi connectivity index (χ4n) is 0.767.